The lowest BCUT2D eigenvalue weighted by Gasteiger charge is -2.49. The van der Waals surface area contributed by atoms with Crippen molar-refractivity contribution in [2.75, 3.05) is 0 Å². The van der Waals surface area contributed by atoms with Gasteiger partial charge < -0.3 is 0 Å². The molecule has 0 bridgehead atoms. The molecule has 0 spiro atoms. The van der Waals surface area contributed by atoms with Gasteiger partial charge in [-0.1, -0.05) is 350 Å². The number of halogens is 21. The molecular formula is C90H173F21. The highest BCUT2D eigenvalue weighted by Gasteiger charge is 2.56. The van der Waals surface area contributed by atoms with E-state index in [1.165, 1.54) is 41.5 Å². The maximum atomic E-state index is 12.6. The van der Waals surface area contributed by atoms with Crippen molar-refractivity contribution in [3.8, 4) is 0 Å². The molecule has 21 heteroatoms. The van der Waals surface area contributed by atoms with Crippen molar-refractivity contribution < 1.29 is 92.2 Å². The minimum absolute atomic E-state index is 0.0362. The van der Waals surface area contributed by atoms with Crippen LogP contribution in [0.15, 0.2) is 0 Å². The maximum absolute atomic E-state index is 12.6. The second-order valence-corrected chi connectivity index (χ2v) is 43.9. The van der Waals surface area contributed by atoms with E-state index in [9.17, 15) is 92.2 Å². The fourth-order valence-corrected chi connectivity index (χ4v) is 11.9. The third-order valence-electron chi connectivity index (χ3n) is 28.6. The van der Waals surface area contributed by atoms with Crippen molar-refractivity contribution in [2.24, 2.45) is 154 Å². The van der Waals surface area contributed by atoms with E-state index in [1.54, 1.807) is 55.4 Å². The molecule has 5 unspecified atom stereocenters. The van der Waals surface area contributed by atoms with Gasteiger partial charge in [-0.15, -0.1) is 0 Å². The van der Waals surface area contributed by atoms with Gasteiger partial charge in [-0.25, -0.2) is 0 Å². The highest BCUT2D eigenvalue weighted by atomic mass is 19.4. The average Bonchev–Trinajstić information content (AvgIpc) is 0.797. The third kappa shape index (κ3) is 45.5. The van der Waals surface area contributed by atoms with Gasteiger partial charge in [0.1, 0.15) is 0 Å². The third-order valence-corrected chi connectivity index (χ3v) is 28.6. The molecule has 0 radical (unpaired) electrons. The summed E-state index contributed by atoms with van der Waals surface area (Å²) in [7, 11) is 0. The quantitative estimate of drug-likeness (QED) is 0.223. The Bertz CT molecular complexity index is 2290. The summed E-state index contributed by atoms with van der Waals surface area (Å²) in [5, 5.41) is 0. The predicted molar refractivity (Wildman–Crippen MR) is 431 cm³/mol. The fourth-order valence-electron chi connectivity index (χ4n) is 11.9. The zero-order chi connectivity index (χ0) is 92.0. The first kappa shape index (κ1) is 123. The van der Waals surface area contributed by atoms with Crippen LogP contribution in [0.25, 0.3) is 0 Å². The van der Waals surface area contributed by atoms with Crippen LogP contribution in [0, 0.1) is 154 Å². The molecule has 0 saturated heterocycles. The van der Waals surface area contributed by atoms with Gasteiger partial charge in [-0.05, 0) is 146 Å². The van der Waals surface area contributed by atoms with Gasteiger partial charge in [-0.2, -0.15) is 92.2 Å². The van der Waals surface area contributed by atoms with Crippen LogP contribution in [0.4, 0.5) is 92.2 Å². The molecule has 0 aliphatic heterocycles. The summed E-state index contributed by atoms with van der Waals surface area (Å²) in [5.74, 6) is -2.93. The van der Waals surface area contributed by atoms with Crippen LogP contribution in [0.1, 0.15) is 382 Å². The van der Waals surface area contributed by atoms with Crippen molar-refractivity contribution in [3.63, 3.8) is 0 Å². The molecular weight excluding hydrogens is 1480 g/mol. The van der Waals surface area contributed by atoms with Crippen LogP contribution in [0.3, 0.4) is 0 Å². The molecule has 0 aromatic rings. The number of hydrogen-bond donors (Lipinski definition) is 0. The molecule has 0 aromatic carbocycles. The lowest BCUT2D eigenvalue weighted by Crippen LogP contribution is -2.43. The SMILES string of the molecule is CC(C)(C)C(C)(C)C(C)(C)C.CC(C)(C)C(C)(C)C(F)(F)F.CC(C)C(C)(C)C(C)(C)C.CC(C)C(C)(C)C(C)C(F)(F)F.CC(C)[C@@H](C)C(C)(C)C.CC(C)[C@@H](C)C(C)C(F)(F)F.CC1CCC(C(F)(F)F)CC1.CC1CCCC(C(F)(F)F)[C@@H]1C.C[C@@H]1CCCC(C(F)(F)F)C1.C[C@H](C(C)(C)C)C(C)(C)C(F)(F)F. The summed E-state index contributed by atoms with van der Waals surface area (Å²) in [6.45, 7) is 87.9. The Hall–Kier alpha value is -1.47. The number of rotatable bonds is 7. The van der Waals surface area contributed by atoms with E-state index in [0.717, 1.165) is 56.3 Å². The van der Waals surface area contributed by atoms with Gasteiger partial charge >= 0.3 is 43.2 Å². The topological polar surface area (TPSA) is 0 Å². The Kier molecular flexibility index (Phi) is 50.6. The van der Waals surface area contributed by atoms with E-state index < -0.39 is 100 Å². The van der Waals surface area contributed by atoms with Crippen molar-refractivity contribution in [3.05, 3.63) is 0 Å². The first-order valence-corrected chi connectivity index (χ1v) is 41.2. The summed E-state index contributed by atoms with van der Waals surface area (Å²) in [6.07, 6.45) is -21.7. The van der Waals surface area contributed by atoms with E-state index in [4.69, 9.17) is 0 Å². The van der Waals surface area contributed by atoms with Crippen molar-refractivity contribution in [1.29, 1.82) is 0 Å². The largest absolute Gasteiger partial charge is 0.394 e. The standard InChI is InChI=1S/C11H24.C10H19F3.C10H22.C9H15F3.C9H17F3.C9H20.2C8H13F3.2C8H15F3/c1-9(2,3)11(7,8)10(4,5)6;1-7(8(2,3)4)9(5,6)10(11,12)13;1-8(2)10(6,7)9(3,4)5;1-6-4-3-5-8(7(6)2)9(10,11)12;1-6(2)8(4,5)7(3)9(10,11)12;1-7(2)8(3)9(4,5)6;1-6-2-4-7(5-3-6)8(9,10)11;1-6-3-2-4-7(5-6)8(9,10)11;1-6(2,3)7(4,5)8(9,10)11;1-5(2)6(3)7(4)8(9,10)11/h1-8H3;7H,1-6H3;8H,1-7H3;6-8H,3-5H2,1-2H3;6-7H,1-5H3;7-8H,1-6H3;2*6-7H,2-5H2,1H3;1-5H3;5-7H,1-4H3/t;7-;;6?,7-,8?;;8-;;6-,7?;;6-,7?/m.1.1.1.1.1/s1. The summed E-state index contributed by atoms with van der Waals surface area (Å²) in [5.41, 5.74) is -2.52. The highest BCUT2D eigenvalue weighted by molar-refractivity contribution is 4.93. The summed E-state index contributed by atoms with van der Waals surface area (Å²) < 4.78 is 258. The lowest BCUT2D eigenvalue weighted by atomic mass is 9.56. The number of hydrogen-bond acceptors (Lipinski definition) is 0. The molecule has 0 aromatic heterocycles. The van der Waals surface area contributed by atoms with Gasteiger partial charge in [0.15, 0.2) is 0 Å². The molecule has 0 heterocycles. The zero-order valence-electron chi connectivity index (χ0n) is 79.0. The molecule has 3 rings (SSSR count). The first-order valence-electron chi connectivity index (χ1n) is 41.2. The summed E-state index contributed by atoms with van der Waals surface area (Å²) in [4.78, 5) is 0. The lowest BCUT2D eigenvalue weighted by molar-refractivity contribution is -0.243. The Morgan fingerprint density at radius 3 is 0.775 bits per heavy atom. The van der Waals surface area contributed by atoms with Crippen molar-refractivity contribution in [1.82, 2.24) is 0 Å². The first-order chi connectivity index (χ1) is 47.7. The smallest absolute Gasteiger partial charge is 0.171 e. The monoisotopic (exact) mass is 1650 g/mol. The molecule has 0 N–H and O–H groups in total. The Morgan fingerprint density at radius 1 is 0.279 bits per heavy atom. The second-order valence-electron chi connectivity index (χ2n) is 43.9. The van der Waals surface area contributed by atoms with E-state index in [2.05, 4.69) is 145 Å². The van der Waals surface area contributed by atoms with Crippen molar-refractivity contribution in [2.45, 2.75) is 425 Å². The fraction of sp³-hybridized carbons (Fsp3) is 1.00. The zero-order valence-corrected chi connectivity index (χ0v) is 79.0. The molecule has 0 nitrogen and oxygen atoms in total. The van der Waals surface area contributed by atoms with Crippen LogP contribution >= 0.6 is 0 Å². The van der Waals surface area contributed by atoms with E-state index in [0.29, 0.717) is 70.5 Å². The Labute approximate surface area is 669 Å². The van der Waals surface area contributed by atoms with Gasteiger partial charge in [0.2, 0.25) is 0 Å². The minimum Gasteiger partial charge on any atom is -0.171 e. The predicted octanol–water partition coefficient (Wildman–Crippen LogP) is 36.7. The van der Waals surface area contributed by atoms with Gasteiger partial charge in [0, 0.05) is 0 Å². The second kappa shape index (κ2) is 45.8. The van der Waals surface area contributed by atoms with Gasteiger partial charge in [-0.3, -0.25) is 0 Å². The molecule has 10 atom stereocenters. The molecule has 3 aliphatic carbocycles. The minimum atomic E-state index is -4.13. The van der Waals surface area contributed by atoms with Crippen molar-refractivity contribution >= 4 is 0 Å². The maximum Gasteiger partial charge on any atom is 0.394 e. The molecule has 3 aliphatic rings. The van der Waals surface area contributed by atoms with Crippen LogP contribution < -0.4 is 0 Å². The molecule has 3 saturated carbocycles. The van der Waals surface area contributed by atoms with E-state index >= 15 is 0 Å². The van der Waals surface area contributed by atoms with Crippen LogP contribution in [-0.2, 0) is 0 Å². The van der Waals surface area contributed by atoms with Crippen LogP contribution in [0.2, 0.25) is 0 Å². The Balaban J connectivity index is -0.000000217. The van der Waals surface area contributed by atoms with Gasteiger partial charge in [0.25, 0.3) is 0 Å². The molecule has 0 amide bonds. The van der Waals surface area contributed by atoms with E-state index in [1.807, 2.05) is 69.2 Å². The normalized spacial score (nSPS) is 22.2. The molecule has 3 fully saturated rings. The van der Waals surface area contributed by atoms with Crippen LogP contribution in [0.5, 0.6) is 0 Å². The van der Waals surface area contributed by atoms with E-state index in [-0.39, 0.29) is 40.9 Å². The molecule has 680 valence electrons. The Morgan fingerprint density at radius 2 is 0.631 bits per heavy atom. The highest BCUT2D eigenvalue weighted by Crippen LogP contribution is 2.54. The molecule has 111 heavy (non-hydrogen) atoms. The average molecular weight is 1650 g/mol. The summed E-state index contributed by atoms with van der Waals surface area (Å²) >= 11 is 0. The van der Waals surface area contributed by atoms with Gasteiger partial charge in [0.05, 0.1) is 40.4 Å². The number of alkyl halides is 21. The van der Waals surface area contributed by atoms with Crippen LogP contribution in [-0.4, -0.2) is 43.2 Å². The summed E-state index contributed by atoms with van der Waals surface area (Å²) in [6, 6.07) is 0.